The minimum atomic E-state index is -2.64. The number of rotatable bonds is 3. The van der Waals surface area contributed by atoms with Crippen molar-refractivity contribution in [2.45, 2.75) is 31.9 Å². The van der Waals surface area contributed by atoms with E-state index in [1.165, 1.54) is 0 Å². The van der Waals surface area contributed by atoms with E-state index in [4.69, 9.17) is 0 Å². The van der Waals surface area contributed by atoms with Gasteiger partial charge in [0, 0.05) is 19.5 Å². The summed E-state index contributed by atoms with van der Waals surface area (Å²) in [6.45, 7) is 7.18. The van der Waals surface area contributed by atoms with Crippen LogP contribution in [0.4, 0.5) is 8.78 Å². The summed E-state index contributed by atoms with van der Waals surface area (Å²) in [5.41, 5.74) is 1.08. The van der Waals surface area contributed by atoms with E-state index in [2.05, 4.69) is 6.58 Å². The van der Waals surface area contributed by atoms with Gasteiger partial charge in [-0.2, -0.15) is 0 Å². The fraction of sp³-hybridized carbons (Fsp3) is 0.818. The van der Waals surface area contributed by atoms with Crippen molar-refractivity contribution in [1.29, 1.82) is 0 Å². The molecule has 2 aliphatic rings. The van der Waals surface area contributed by atoms with Gasteiger partial charge in [-0.3, -0.25) is 4.90 Å². The molecule has 0 spiro atoms. The van der Waals surface area contributed by atoms with Gasteiger partial charge < -0.3 is 5.11 Å². The van der Waals surface area contributed by atoms with Gasteiger partial charge in [0.15, 0.2) is 0 Å². The Labute approximate surface area is 88.6 Å². The molecule has 1 aliphatic carbocycles. The molecule has 2 fully saturated rings. The summed E-state index contributed by atoms with van der Waals surface area (Å²) in [5, 5.41) is 9.74. The van der Waals surface area contributed by atoms with Crippen LogP contribution in [0.5, 0.6) is 0 Å². The SMILES string of the molecule is C=C(C)[C@@H]1CCN(C(O)C2CC2(F)F)C1. The fourth-order valence-corrected chi connectivity index (χ4v) is 2.24. The first-order valence-electron chi connectivity index (χ1n) is 5.37. The van der Waals surface area contributed by atoms with Crippen molar-refractivity contribution < 1.29 is 13.9 Å². The van der Waals surface area contributed by atoms with Gasteiger partial charge in [-0.15, -0.1) is 0 Å². The van der Waals surface area contributed by atoms with E-state index in [1.807, 2.05) is 6.92 Å². The highest BCUT2D eigenvalue weighted by molar-refractivity contribution is 5.04. The molecule has 86 valence electrons. The number of aliphatic hydroxyl groups excluding tert-OH is 1. The summed E-state index contributed by atoms with van der Waals surface area (Å²) < 4.78 is 25.5. The number of nitrogens with zero attached hydrogens (tertiary/aromatic N) is 1. The highest BCUT2D eigenvalue weighted by atomic mass is 19.3. The lowest BCUT2D eigenvalue weighted by Crippen LogP contribution is -2.36. The van der Waals surface area contributed by atoms with E-state index in [0.717, 1.165) is 12.0 Å². The van der Waals surface area contributed by atoms with Crippen LogP contribution in [0.25, 0.3) is 0 Å². The van der Waals surface area contributed by atoms with Gasteiger partial charge in [-0.05, 0) is 19.3 Å². The predicted octanol–water partition coefficient (Wildman–Crippen LogP) is 1.86. The van der Waals surface area contributed by atoms with Crippen LogP contribution in [-0.4, -0.2) is 35.2 Å². The second-order valence-corrected chi connectivity index (χ2v) is 4.81. The molecule has 0 bridgehead atoms. The maximum absolute atomic E-state index is 12.8. The average molecular weight is 217 g/mol. The number of likely N-dealkylation sites (tertiary alicyclic amines) is 1. The molecule has 1 saturated carbocycles. The van der Waals surface area contributed by atoms with Crippen LogP contribution in [0.15, 0.2) is 12.2 Å². The van der Waals surface area contributed by atoms with Crippen LogP contribution in [0.1, 0.15) is 19.8 Å². The molecule has 0 aromatic carbocycles. The maximum Gasteiger partial charge on any atom is 0.255 e. The third-order valence-electron chi connectivity index (χ3n) is 3.53. The normalized spacial score (nSPS) is 36.5. The van der Waals surface area contributed by atoms with Gasteiger partial charge in [-0.25, -0.2) is 8.78 Å². The van der Waals surface area contributed by atoms with E-state index in [1.54, 1.807) is 4.90 Å². The molecule has 3 atom stereocenters. The molecule has 15 heavy (non-hydrogen) atoms. The van der Waals surface area contributed by atoms with E-state index in [9.17, 15) is 13.9 Å². The Balaban J connectivity index is 1.89. The minimum absolute atomic E-state index is 0.164. The Morgan fingerprint density at radius 1 is 1.60 bits per heavy atom. The van der Waals surface area contributed by atoms with E-state index in [-0.39, 0.29) is 6.42 Å². The van der Waals surface area contributed by atoms with Gasteiger partial charge in [0.2, 0.25) is 0 Å². The van der Waals surface area contributed by atoms with Crippen LogP contribution in [0, 0.1) is 11.8 Å². The van der Waals surface area contributed by atoms with Crippen molar-refractivity contribution in [2.24, 2.45) is 11.8 Å². The van der Waals surface area contributed by atoms with Gasteiger partial charge in [-0.1, -0.05) is 12.2 Å². The van der Waals surface area contributed by atoms with E-state index < -0.39 is 18.1 Å². The lowest BCUT2D eigenvalue weighted by molar-refractivity contribution is -0.0351. The zero-order valence-corrected chi connectivity index (χ0v) is 8.92. The van der Waals surface area contributed by atoms with Crippen molar-refractivity contribution in [3.63, 3.8) is 0 Å². The molecule has 1 saturated heterocycles. The second-order valence-electron chi connectivity index (χ2n) is 4.81. The first kappa shape index (κ1) is 11.0. The summed E-state index contributed by atoms with van der Waals surface area (Å²) >= 11 is 0. The third kappa shape index (κ3) is 2.06. The predicted molar refractivity (Wildman–Crippen MR) is 53.6 cm³/mol. The summed E-state index contributed by atoms with van der Waals surface area (Å²) in [6, 6.07) is 0. The standard InChI is InChI=1S/C11H17F2NO/c1-7(2)8-3-4-14(6-8)10(15)9-5-11(9,12)13/h8-10,15H,1,3-6H2,2H3/t8-,9?,10?/m1/s1. The van der Waals surface area contributed by atoms with Gasteiger partial charge in [0.1, 0.15) is 6.23 Å². The molecule has 0 aromatic heterocycles. The van der Waals surface area contributed by atoms with Crippen molar-refractivity contribution in [1.82, 2.24) is 4.90 Å². The van der Waals surface area contributed by atoms with Crippen molar-refractivity contribution in [3.8, 4) is 0 Å². The molecule has 0 aromatic rings. The molecule has 2 unspecified atom stereocenters. The van der Waals surface area contributed by atoms with Crippen LogP contribution in [-0.2, 0) is 0 Å². The van der Waals surface area contributed by atoms with Crippen LogP contribution in [0.3, 0.4) is 0 Å². The molecule has 4 heteroatoms. The molecule has 1 aliphatic heterocycles. The van der Waals surface area contributed by atoms with E-state index in [0.29, 0.717) is 19.0 Å². The van der Waals surface area contributed by atoms with Crippen molar-refractivity contribution in [2.75, 3.05) is 13.1 Å². The summed E-state index contributed by atoms with van der Waals surface area (Å²) in [4.78, 5) is 1.75. The van der Waals surface area contributed by atoms with E-state index >= 15 is 0 Å². The number of aliphatic hydroxyl groups is 1. The second kappa shape index (κ2) is 3.52. The molecule has 1 N–H and O–H groups in total. The van der Waals surface area contributed by atoms with Crippen LogP contribution < -0.4 is 0 Å². The zero-order valence-electron chi connectivity index (χ0n) is 8.92. The van der Waals surface area contributed by atoms with Crippen LogP contribution >= 0.6 is 0 Å². The first-order chi connectivity index (χ1) is 6.92. The Kier molecular flexibility index (Phi) is 2.59. The number of hydrogen-bond donors (Lipinski definition) is 1. The van der Waals surface area contributed by atoms with Gasteiger partial charge in [0.25, 0.3) is 5.92 Å². The molecular formula is C11H17F2NO. The number of hydrogen-bond acceptors (Lipinski definition) is 2. The minimum Gasteiger partial charge on any atom is -0.378 e. The first-order valence-corrected chi connectivity index (χ1v) is 5.37. The monoisotopic (exact) mass is 217 g/mol. The molecule has 2 rings (SSSR count). The third-order valence-corrected chi connectivity index (χ3v) is 3.53. The fourth-order valence-electron chi connectivity index (χ4n) is 2.24. The topological polar surface area (TPSA) is 23.5 Å². The maximum atomic E-state index is 12.8. The molecule has 2 nitrogen and oxygen atoms in total. The molecular weight excluding hydrogens is 200 g/mol. The van der Waals surface area contributed by atoms with Crippen molar-refractivity contribution >= 4 is 0 Å². The van der Waals surface area contributed by atoms with Gasteiger partial charge in [0.05, 0.1) is 5.92 Å². The Morgan fingerprint density at radius 3 is 2.60 bits per heavy atom. The molecule has 0 radical (unpaired) electrons. The summed E-state index contributed by atoms with van der Waals surface area (Å²) in [5.74, 6) is -3.13. The number of alkyl halides is 2. The molecule has 1 heterocycles. The quantitative estimate of drug-likeness (QED) is 0.729. The smallest absolute Gasteiger partial charge is 0.255 e. The Hall–Kier alpha value is -0.480. The lowest BCUT2D eigenvalue weighted by Gasteiger charge is -2.22. The lowest BCUT2D eigenvalue weighted by atomic mass is 10.0. The largest absolute Gasteiger partial charge is 0.378 e. The van der Waals surface area contributed by atoms with Crippen molar-refractivity contribution in [3.05, 3.63) is 12.2 Å². The average Bonchev–Trinajstić information content (AvgIpc) is 2.65. The zero-order chi connectivity index (χ0) is 11.2. The van der Waals surface area contributed by atoms with Crippen LogP contribution in [0.2, 0.25) is 0 Å². The Bertz CT molecular complexity index is 280. The molecule has 0 amide bonds. The summed E-state index contributed by atoms with van der Waals surface area (Å²) in [7, 11) is 0. The highest BCUT2D eigenvalue weighted by Gasteiger charge is 2.61. The highest BCUT2D eigenvalue weighted by Crippen LogP contribution is 2.51. The summed E-state index contributed by atoms with van der Waals surface area (Å²) in [6.07, 6.45) is -0.211. The Morgan fingerprint density at radius 2 is 2.20 bits per heavy atom. The number of halogens is 2. The van der Waals surface area contributed by atoms with Gasteiger partial charge >= 0.3 is 0 Å².